The molecule has 1 aliphatic rings. The zero-order valence-corrected chi connectivity index (χ0v) is 12.7. The standard InChI is InChI=1S/C15H29NO2/c1-6-12-7-9-13(10-8-12)16(4)11-15(2,3)14(17)18-5/h12-13H,6-11H2,1-5H3. The van der Waals surface area contributed by atoms with E-state index in [9.17, 15) is 4.79 Å². The minimum absolute atomic E-state index is 0.114. The molecule has 1 fully saturated rings. The van der Waals surface area contributed by atoms with E-state index in [0.717, 1.165) is 12.5 Å². The van der Waals surface area contributed by atoms with Gasteiger partial charge in [0.25, 0.3) is 0 Å². The minimum atomic E-state index is -0.412. The Bertz CT molecular complexity index is 268. The van der Waals surface area contributed by atoms with E-state index in [0.29, 0.717) is 6.04 Å². The summed E-state index contributed by atoms with van der Waals surface area (Å²) in [5.41, 5.74) is -0.412. The summed E-state index contributed by atoms with van der Waals surface area (Å²) in [6.45, 7) is 7.00. The van der Waals surface area contributed by atoms with Gasteiger partial charge in [0.15, 0.2) is 0 Å². The lowest BCUT2D eigenvalue weighted by Crippen LogP contribution is -2.44. The molecule has 0 unspecified atom stereocenters. The summed E-state index contributed by atoms with van der Waals surface area (Å²) >= 11 is 0. The summed E-state index contributed by atoms with van der Waals surface area (Å²) < 4.78 is 4.87. The van der Waals surface area contributed by atoms with E-state index >= 15 is 0 Å². The van der Waals surface area contributed by atoms with Gasteiger partial charge in [0, 0.05) is 12.6 Å². The number of hydrogen-bond acceptors (Lipinski definition) is 3. The van der Waals surface area contributed by atoms with Crippen molar-refractivity contribution < 1.29 is 9.53 Å². The minimum Gasteiger partial charge on any atom is -0.469 e. The lowest BCUT2D eigenvalue weighted by Gasteiger charge is -2.37. The topological polar surface area (TPSA) is 29.5 Å². The lowest BCUT2D eigenvalue weighted by molar-refractivity contribution is -0.152. The molecular formula is C15H29NO2. The normalized spacial score (nSPS) is 25.2. The zero-order chi connectivity index (χ0) is 13.8. The Hall–Kier alpha value is -0.570. The number of esters is 1. The van der Waals surface area contributed by atoms with Gasteiger partial charge in [-0.3, -0.25) is 4.79 Å². The number of hydrogen-bond donors (Lipinski definition) is 0. The SMILES string of the molecule is CCC1CCC(N(C)CC(C)(C)C(=O)OC)CC1. The molecule has 0 radical (unpaired) electrons. The molecule has 3 nitrogen and oxygen atoms in total. The third-order valence-corrected chi connectivity index (χ3v) is 4.40. The van der Waals surface area contributed by atoms with Gasteiger partial charge < -0.3 is 9.64 Å². The van der Waals surface area contributed by atoms with Crippen LogP contribution in [0.25, 0.3) is 0 Å². The van der Waals surface area contributed by atoms with Crippen molar-refractivity contribution in [3.63, 3.8) is 0 Å². The van der Waals surface area contributed by atoms with Crippen molar-refractivity contribution >= 4 is 5.97 Å². The van der Waals surface area contributed by atoms with Gasteiger partial charge in [-0.2, -0.15) is 0 Å². The average Bonchev–Trinajstić information content (AvgIpc) is 2.37. The summed E-state index contributed by atoms with van der Waals surface area (Å²) in [6.07, 6.45) is 6.52. The van der Waals surface area contributed by atoms with Gasteiger partial charge in [0.1, 0.15) is 0 Å². The Kier molecular flexibility index (Phi) is 5.64. The number of carbonyl (C=O) groups excluding carboxylic acids is 1. The first-order chi connectivity index (χ1) is 8.40. The quantitative estimate of drug-likeness (QED) is 0.707. The molecule has 0 heterocycles. The fraction of sp³-hybridized carbons (Fsp3) is 0.933. The van der Waals surface area contributed by atoms with Crippen LogP contribution < -0.4 is 0 Å². The van der Waals surface area contributed by atoms with Crippen LogP contribution in [0.5, 0.6) is 0 Å². The van der Waals surface area contributed by atoms with Gasteiger partial charge in [-0.1, -0.05) is 13.3 Å². The molecular weight excluding hydrogens is 226 g/mol. The van der Waals surface area contributed by atoms with Gasteiger partial charge in [-0.15, -0.1) is 0 Å². The monoisotopic (exact) mass is 255 g/mol. The molecule has 0 aliphatic heterocycles. The number of methoxy groups -OCH3 is 1. The summed E-state index contributed by atoms with van der Waals surface area (Å²) in [4.78, 5) is 14.1. The van der Waals surface area contributed by atoms with Crippen LogP contribution in [0.2, 0.25) is 0 Å². The van der Waals surface area contributed by atoms with Gasteiger partial charge in [0.2, 0.25) is 0 Å². The Balaban J connectivity index is 2.46. The highest BCUT2D eigenvalue weighted by Gasteiger charge is 2.33. The summed E-state index contributed by atoms with van der Waals surface area (Å²) in [5, 5.41) is 0. The van der Waals surface area contributed by atoms with E-state index in [4.69, 9.17) is 4.74 Å². The number of rotatable bonds is 5. The van der Waals surface area contributed by atoms with Crippen molar-refractivity contribution in [2.75, 3.05) is 20.7 Å². The number of nitrogens with zero attached hydrogens (tertiary/aromatic N) is 1. The molecule has 0 aromatic heterocycles. The Morgan fingerprint density at radius 1 is 1.28 bits per heavy atom. The zero-order valence-electron chi connectivity index (χ0n) is 12.7. The summed E-state index contributed by atoms with van der Waals surface area (Å²) in [6, 6.07) is 0.636. The maximum Gasteiger partial charge on any atom is 0.312 e. The van der Waals surface area contributed by atoms with Gasteiger partial charge in [-0.25, -0.2) is 0 Å². The van der Waals surface area contributed by atoms with Crippen LogP contribution in [0.3, 0.4) is 0 Å². The second-order valence-electron chi connectivity index (χ2n) is 6.37. The van der Waals surface area contributed by atoms with Crippen molar-refractivity contribution in [1.82, 2.24) is 4.90 Å². The van der Waals surface area contributed by atoms with Gasteiger partial charge in [-0.05, 0) is 52.5 Å². The first-order valence-corrected chi connectivity index (χ1v) is 7.19. The molecule has 1 aliphatic carbocycles. The first-order valence-electron chi connectivity index (χ1n) is 7.19. The first kappa shape index (κ1) is 15.5. The molecule has 0 N–H and O–H groups in total. The highest BCUT2D eigenvalue weighted by molar-refractivity contribution is 5.76. The number of ether oxygens (including phenoxy) is 1. The van der Waals surface area contributed by atoms with Crippen molar-refractivity contribution in [3.8, 4) is 0 Å². The summed E-state index contributed by atoms with van der Waals surface area (Å²) in [5.74, 6) is 0.805. The molecule has 18 heavy (non-hydrogen) atoms. The van der Waals surface area contributed by atoms with E-state index in [-0.39, 0.29) is 5.97 Å². The van der Waals surface area contributed by atoms with Crippen LogP contribution in [0.15, 0.2) is 0 Å². The number of carbonyl (C=O) groups is 1. The highest BCUT2D eigenvalue weighted by Crippen LogP contribution is 2.30. The molecule has 0 atom stereocenters. The molecule has 1 saturated carbocycles. The predicted octanol–water partition coefficient (Wildman–Crippen LogP) is 3.09. The third-order valence-electron chi connectivity index (χ3n) is 4.40. The van der Waals surface area contributed by atoms with E-state index in [2.05, 4.69) is 18.9 Å². The molecule has 0 spiro atoms. The van der Waals surface area contributed by atoms with Crippen LogP contribution in [-0.2, 0) is 9.53 Å². The van der Waals surface area contributed by atoms with Gasteiger partial charge >= 0.3 is 5.97 Å². The Labute approximate surface area is 112 Å². The van der Waals surface area contributed by atoms with E-state index < -0.39 is 5.41 Å². The van der Waals surface area contributed by atoms with Crippen LogP contribution in [-0.4, -0.2) is 37.6 Å². The van der Waals surface area contributed by atoms with Gasteiger partial charge in [0.05, 0.1) is 12.5 Å². The molecule has 3 heteroatoms. The largest absolute Gasteiger partial charge is 0.469 e. The summed E-state index contributed by atoms with van der Waals surface area (Å²) in [7, 11) is 3.61. The second kappa shape index (κ2) is 6.55. The van der Waals surface area contributed by atoms with Crippen LogP contribution in [0, 0.1) is 11.3 Å². The Morgan fingerprint density at radius 3 is 2.28 bits per heavy atom. The maximum absolute atomic E-state index is 11.7. The molecule has 106 valence electrons. The predicted molar refractivity (Wildman–Crippen MR) is 74.5 cm³/mol. The smallest absolute Gasteiger partial charge is 0.312 e. The Morgan fingerprint density at radius 2 is 1.83 bits per heavy atom. The molecule has 1 rings (SSSR count). The van der Waals surface area contributed by atoms with E-state index in [1.807, 2.05) is 13.8 Å². The second-order valence-corrected chi connectivity index (χ2v) is 6.37. The van der Waals surface area contributed by atoms with Crippen LogP contribution in [0.4, 0.5) is 0 Å². The fourth-order valence-corrected chi connectivity index (χ4v) is 3.09. The van der Waals surface area contributed by atoms with Crippen LogP contribution >= 0.6 is 0 Å². The highest BCUT2D eigenvalue weighted by atomic mass is 16.5. The fourth-order valence-electron chi connectivity index (χ4n) is 3.09. The molecule has 0 bridgehead atoms. The van der Waals surface area contributed by atoms with Crippen molar-refractivity contribution in [1.29, 1.82) is 0 Å². The third kappa shape index (κ3) is 3.98. The van der Waals surface area contributed by atoms with Crippen LogP contribution in [0.1, 0.15) is 52.9 Å². The lowest BCUT2D eigenvalue weighted by atomic mass is 9.83. The molecule has 0 amide bonds. The average molecular weight is 255 g/mol. The maximum atomic E-state index is 11.7. The molecule has 0 aromatic rings. The molecule has 0 aromatic carbocycles. The van der Waals surface area contributed by atoms with Crippen molar-refractivity contribution in [2.45, 2.75) is 58.9 Å². The molecule has 0 saturated heterocycles. The van der Waals surface area contributed by atoms with Crippen molar-refractivity contribution in [3.05, 3.63) is 0 Å². The van der Waals surface area contributed by atoms with E-state index in [1.165, 1.54) is 39.2 Å². The van der Waals surface area contributed by atoms with E-state index in [1.54, 1.807) is 0 Å². The van der Waals surface area contributed by atoms with Crippen molar-refractivity contribution in [2.24, 2.45) is 11.3 Å².